The first-order chi connectivity index (χ1) is 11.9. The van der Waals surface area contributed by atoms with Gasteiger partial charge >= 0.3 is 0 Å². The number of ether oxygens (including phenoxy) is 2. The number of hydrogen-bond acceptors (Lipinski definition) is 6. The van der Waals surface area contributed by atoms with E-state index in [1.807, 2.05) is 0 Å². The van der Waals surface area contributed by atoms with Crippen LogP contribution in [0.5, 0.6) is 0 Å². The molecule has 0 amide bonds. The van der Waals surface area contributed by atoms with E-state index < -0.39 is 10.2 Å². The van der Waals surface area contributed by atoms with Crippen molar-refractivity contribution < 1.29 is 119 Å². The van der Waals surface area contributed by atoms with Crippen molar-refractivity contribution >= 4 is 31.7 Å². The summed E-state index contributed by atoms with van der Waals surface area (Å²) in [5, 5.41) is 0. The van der Waals surface area contributed by atoms with Crippen LogP contribution in [0, 0.1) is 37.9 Å². The van der Waals surface area contributed by atoms with Crippen molar-refractivity contribution in [3.05, 3.63) is 27.7 Å². The van der Waals surface area contributed by atoms with Crippen LogP contribution in [0.4, 0.5) is 0 Å². The molecule has 196 valence electrons. The van der Waals surface area contributed by atoms with Gasteiger partial charge in [-0.1, -0.05) is 0 Å². The van der Waals surface area contributed by atoms with Crippen molar-refractivity contribution in [1.29, 1.82) is 0 Å². The van der Waals surface area contributed by atoms with Gasteiger partial charge in [-0.15, -0.1) is 31.7 Å². The average Bonchev–Trinajstić information content (AvgIpc) is 2.45. The molecule has 0 heterocycles. The molecule has 4 atom stereocenters. The van der Waals surface area contributed by atoms with Crippen molar-refractivity contribution in [3.63, 3.8) is 0 Å². The minimum absolute atomic E-state index is 0. The summed E-state index contributed by atoms with van der Waals surface area (Å²) in [5.41, 5.74) is 0. The molecule has 0 saturated heterocycles. The van der Waals surface area contributed by atoms with E-state index in [-0.39, 0.29) is 135 Å². The largest absolute Gasteiger partial charge is 0.430 e. The monoisotopic (exact) mass is 872 g/mol. The third kappa shape index (κ3) is 44.7. The fourth-order valence-corrected chi connectivity index (χ4v) is 2.60. The van der Waals surface area contributed by atoms with E-state index in [1.165, 1.54) is 0 Å². The smallest absolute Gasteiger partial charge is 0.0777 e. The van der Waals surface area contributed by atoms with Gasteiger partial charge in [0.1, 0.15) is 0 Å². The molecule has 0 aliphatic heterocycles. The van der Waals surface area contributed by atoms with Crippen LogP contribution in [0.2, 0.25) is 0 Å². The minimum atomic E-state index is -4.69. The standard InChI is InChI=1S/2C8H18OP2.ClHO4.4Tc/c2*1-7(10(3)4)9-8(2)11(5)6;2-1(3,4)5;;;;/h2*7-8H,1-2H2,3-6H3;(H,2,3,4,5);;;;/q2*-2;;;;;. The van der Waals surface area contributed by atoms with Gasteiger partial charge < -0.3 is 37.2 Å². The fraction of sp³-hybridized carbons (Fsp3) is 0.750. The Labute approximate surface area is 252 Å². The van der Waals surface area contributed by atoms with Crippen molar-refractivity contribution in [2.45, 2.75) is 23.4 Å². The van der Waals surface area contributed by atoms with Gasteiger partial charge in [0.05, 0.1) is 14.9 Å². The van der Waals surface area contributed by atoms with E-state index in [2.05, 4.69) is 81.0 Å². The van der Waals surface area contributed by atoms with Crippen LogP contribution < -0.4 is 14.0 Å². The predicted molar refractivity (Wildman–Crippen MR) is 116 cm³/mol. The zero-order valence-corrected chi connectivity index (χ0v) is 31.1. The van der Waals surface area contributed by atoms with Crippen LogP contribution in [0.15, 0.2) is 0 Å². The molecule has 0 aromatic rings. The third-order valence-electron chi connectivity index (χ3n) is 2.93. The van der Waals surface area contributed by atoms with Crippen molar-refractivity contribution in [1.82, 2.24) is 0 Å². The van der Waals surface area contributed by atoms with Gasteiger partial charge in [0.15, 0.2) is 0 Å². The summed E-state index contributed by atoms with van der Waals surface area (Å²) in [6.07, 6.45) is 0. The Kier molecular flexibility index (Phi) is 48.4. The van der Waals surface area contributed by atoms with Crippen molar-refractivity contribution in [3.8, 4) is 0 Å². The normalized spacial score (nSPS) is 14.3. The Balaban J connectivity index is -0.0000000554. The molecule has 0 aromatic carbocycles. The summed E-state index contributed by atoms with van der Waals surface area (Å²) in [7, 11) is -5.02. The molecule has 6 nitrogen and oxygen atoms in total. The maximum Gasteiger partial charge on any atom is 0.0777 e. The van der Waals surface area contributed by atoms with Crippen LogP contribution >= 0.6 is 31.7 Å². The van der Waals surface area contributed by atoms with Crippen LogP contribution in [0.25, 0.3) is 0 Å². The molecule has 31 heavy (non-hydrogen) atoms. The SMILES string of the molecule is [CH2-]C(OC([CH2-])P(C)C)P(C)C.[CH2-]C(OC([CH2-])P(C)C)P(C)C.[O-][Cl+3]([O-])([O-])O.[Tc].[Tc].[Tc].[Tc]. The van der Waals surface area contributed by atoms with Crippen LogP contribution in [-0.4, -0.2) is 81.4 Å². The van der Waals surface area contributed by atoms with Gasteiger partial charge in [-0.3, -0.25) is 0 Å². The first-order valence-electron chi connectivity index (χ1n) is 7.82. The Hall–Kier alpha value is 4.37. The molecule has 4 radical (unpaired) electrons. The van der Waals surface area contributed by atoms with E-state index in [0.717, 1.165) is 0 Å². The second-order valence-corrected chi connectivity index (χ2v) is 17.1. The molecule has 1 N–H and O–H groups in total. The molecule has 0 spiro atoms. The molecule has 0 aliphatic rings. The third-order valence-corrected chi connectivity index (χ3v) is 8.03. The van der Waals surface area contributed by atoms with E-state index in [4.69, 9.17) is 28.1 Å². The maximum atomic E-state index is 8.60. The van der Waals surface area contributed by atoms with Crippen molar-refractivity contribution in [2.24, 2.45) is 0 Å². The zero-order valence-electron chi connectivity index (χ0n) is 19.3. The van der Waals surface area contributed by atoms with E-state index in [1.54, 1.807) is 0 Å². The Morgan fingerprint density at radius 3 is 0.710 bits per heavy atom. The van der Waals surface area contributed by atoms with E-state index in [0.29, 0.717) is 0 Å². The first kappa shape index (κ1) is 51.9. The second-order valence-electron chi connectivity index (χ2n) is 6.34. The quantitative estimate of drug-likeness (QED) is 0.293. The Morgan fingerprint density at radius 2 is 0.645 bits per heavy atom. The maximum absolute atomic E-state index is 8.60. The Bertz CT molecular complexity index is 305. The summed E-state index contributed by atoms with van der Waals surface area (Å²) in [4.78, 5) is 0. The van der Waals surface area contributed by atoms with Crippen LogP contribution in [0.1, 0.15) is 0 Å². The van der Waals surface area contributed by atoms with Crippen LogP contribution in [0.3, 0.4) is 0 Å². The summed E-state index contributed by atoms with van der Waals surface area (Å²) >= 11 is 0. The van der Waals surface area contributed by atoms with Gasteiger partial charge in [0, 0.05) is 80.4 Å². The number of rotatable bonds is 8. The zero-order chi connectivity index (χ0) is 22.5. The first-order valence-corrected chi connectivity index (χ1v) is 18.3. The molecule has 0 bridgehead atoms. The average molecular weight is 877 g/mol. The van der Waals surface area contributed by atoms with Gasteiger partial charge in [-0.05, 0) is 76.7 Å². The minimum Gasteiger partial charge on any atom is -0.430 e. The number of hydrogen-bond donors (Lipinski definition) is 1. The van der Waals surface area contributed by atoms with Gasteiger partial charge in [-0.25, -0.2) is 0 Å². The second kappa shape index (κ2) is 28.9. The fourth-order valence-electron chi connectivity index (χ4n) is 0.850. The summed E-state index contributed by atoms with van der Waals surface area (Å²) in [5.74, 6) is 0.601. The molecule has 0 fully saturated rings. The van der Waals surface area contributed by atoms with Crippen molar-refractivity contribution in [2.75, 3.05) is 53.3 Å². The number of halogens is 1. The predicted octanol–water partition coefficient (Wildman–Crippen LogP) is 1.48. The van der Waals surface area contributed by atoms with Gasteiger partial charge in [0.25, 0.3) is 0 Å². The molecule has 0 aliphatic carbocycles. The molecule has 4 unspecified atom stereocenters. The molecule has 15 heteroatoms. The van der Waals surface area contributed by atoms with Gasteiger partial charge in [-0.2, -0.15) is 14.0 Å². The summed E-state index contributed by atoms with van der Waals surface area (Å²) in [6.45, 7) is 33.1. The Morgan fingerprint density at radius 1 is 0.548 bits per heavy atom. The molecular formula is C16H37ClO6P4Tc4-4. The van der Waals surface area contributed by atoms with Crippen LogP contribution in [-0.2, 0) is 89.9 Å². The van der Waals surface area contributed by atoms with E-state index in [9.17, 15) is 0 Å². The summed E-state index contributed by atoms with van der Waals surface area (Å²) in [6, 6.07) is 0. The van der Waals surface area contributed by atoms with Gasteiger partial charge in [0.2, 0.25) is 0 Å². The summed E-state index contributed by atoms with van der Waals surface area (Å²) < 4.78 is 43.9. The van der Waals surface area contributed by atoms with E-state index >= 15 is 0 Å². The molecular weight excluding hydrogens is 840 g/mol. The molecule has 0 aromatic heterocycles. The molecule has 0 saturated carbocycles. The molecule has 0 rings (SSSR count). The topological polar surface area (TPSA) is 108 Å².